The molecule has 0 unspecified atom stereocenters. The molecule has 1 aromatic rings. The fourth-order valence-corrected chi connectivity index (χ4v) is 3.40. The standard InChI is InChI=1S/C18H26BrN3O2/c1-3-21(4-2)17(23)14-20-9-6-10-22(12-11-20)18(24)15-7-5-8-16(19)13-15/h5,7-8,13H,3-4,6,9-12,14H2,1-2H3. The van der Waals surface area contributed by atoms with Gasteiger partial charge in [-0.15, -0.1) is 0 Å². The van der Waals surface area contributed by atoms with Crippen LogP contribution in [0.15, 0.2) is 28.7 Å². The SMILES string of the molecule is CCN(CC)C(=O)CN1CCCN(C(=O)c2cccc(Br)c2)CC1. The Hall–Kier alpha value is -1.40. The lowest BCUT2D eigenvalue weighted by Gasteiger charge is -2.25. The normalized spacial score (nSPS) is 15.9. The van der Waals surface area contributed by atoms with Crippen LogP contribution in [0.4, 0.5) is 0 Å². The topological polar surface area (TPSA) is 43.9 Å². The Bertz CT molecular complexity index is 575. The molecule has 2 rings (SSSR count). The lowest BCUT2D eigenvalue weighted by Crippen LogP contribution is -2.42. The molecule has 24 heavy (non-hydrogen) atoms. The third-order valence-corrected chi connectivity index (χ3v) is 4.92. The van der Waals surface area contributed by atoms with Gasteiger partial charge in [-0.25, -0.2) is 0 Å². The van der Waals surface area contributed by atoms with E-state index in [9.17, 15) is 9.59 Å². The van der Waals surface area contributed by atoms with Crippen molar-refractivity contribution in [1.29, 1.82) is 0 Å². The van der Waals surface area contributed by atoms with Gasteiger partial charge >= 0.3 is 0 Å². The summed E-state index contributed by atoms with van der Waals surface area (Å²) in [4.78, 5) is 30.8. The molecule has 6 heteroatoms. The number of carbonyl (C=O) groups excluding carboxylic acids is 2. The van der Waals surface area contributed by atoms with Crippen LogP contribution in [0.3, 0.4) is 0 Å². The number of rotatable bonds is 5. The van der Waals surface area contributed by atoms with Gasteiger partial charge in [-0.1, -0.05) is 22.0 Å². The van der Waals surface area contributed by atoms with Crippen molar-refractivity contribution in [3.8, 4) is 0 Å². The minimum absolute atomic E-state index is 0.0632. The van der Waals surface area contributed by atoms with Gasteiger partial charge in [-0.3, -0.25) is 14.5 Å². The molecule has 5 nitrogen and oxygen atoms in total. The lowest BCUT2D eigenvalue weighted by molar-refractivity contribution is -0.132. The summed E-state index contributed by atoms with van der Waals surface area (Å²) in [5.74, 6) is 0.236. The van der Waals surface area contributed by atoms with Crippen LogP contribution in [0.1, 0.15) is 30.6 Å². The fraction of sp³-hybridized carbons (Fsp3) is 0.556. The first-order chi connectivity index (χ1) is 11.5. The number of amides is 2. The van der Waals surface area contributed by atoms with Crippen molar-refractivity contribution in [2.75, 3.05) is 45.8 Å². The van der Waals surface area contributed by atoms with Gasteiger partial charge in [-0.2, -0.15) is 0 Å². The van der Waals surface area contributed by atoms with Crippen LogP contribution in [0, 0.1) is 0 Å². The van der Waals surface area contributed by atoms with Crippen LogP contribution in [-0.2, 0) is 4.79 Å². The molecule has 2 amide bonds. The third-order valence-electron chi connectivity index (χ3n) is 4.42. The molecule has 0 N–H and O–H groups in total. The molecule has 0 spiro atoms. The maximum Gasteiger partial charge on any atom is 0.253 e. The van der Waals surface area contributed by atoms with Crippen molar-refractivity contribution in [3.63, 3.8) is 0 Å². The van der Waals surface area contributed by atoms with Gasteiger partial charge in [0.05, 0.1) is 6.54 Å². The average Bonchev–Trinajstić information content (AvgIpc) is 2.81. The number of carbonyl (C=O) groups is 2. The summed E-state index contributed by atoms with van der Waals surface area (Å²) in [6.45, 7) is 8.94. The van der Waals surface area contributed by atoms with Crippen LogP contribution >= 0.6 is 15.9 Å². The molecule has 0 radical (unpaired) electrons. The number of hydrogen-bond donors (Lipinski definition) is 0. The van der Waals surface area contributed by atoms with Crippen molar-refractivity contribution < 1.29 is 9.59 Å². The fourth-order valence-electron chi connectivity index (χ4n) is 3.00. The van der Waals surface area contributed by atoms with Crippen LogP contribution in [0.2, 0.25) is 0 Å². The van der Waals surface area contributed by atoms with Gasteiger partial charge in [0.1, 0.15) is 0 Å². The molecule has 1 saturated heterocycles. The zero-order chi connectivity index (χ0) is 17.5. The predicted molar refractivity (Wildman–Crippen MR) is 99.0 cm³/mol. The molecule has 0 bridgehead atoms. The smallest absolute Gasteiger partial charge is 0.253 e. The molecular weight excluding hydrogens is 370 g/mol. The Kier molecular flexibility index (Phi) is 7.24. The largest absolute Gasteiger partial charge is 0.342 e. The highest BCUT2D eigenvalue weighted by atomic mass is 79.9. The third kappa shape index (κ3) is 5.05. The highest BCUT2D eigenvalue weighted by molar-refractivity contribution is 9.10. The Morgan fingerprint density at radius 2 is 1.88 bits per heavy atom. The van der Waals surface area contributed by atoms with Gasteiger partial charge in [0.15, 0.2) is 0 Å². The summed E-state index contributed by atoms with van der Waals surface area (Å²) in [5.41, 5.74) is 0.706. The molecular formula is C18H26BrN3O2. The Morgan fingerprint density at radius 3 is 2.54 bits per heavy atom. The van der Waals surface area contributed by atoms with E-state index < -0.39 is 0 Å². The Labute approximate surface area is 152 Å². The molecule has 0 atom stereocenters. The first-order valence-corrected chi connectivity index (χ1v) is 9.39. The first-order valence-electron chi connectivity index (χ1n) is 8.60. The molecule has 1 aliphatic heterocycles. The van der Waals surface area contributed by atoms with E-state index in [4.69, 9.17) is 0 Å². The molecule has 1 fully saturated rings. The summed E-state index contributed by atoms with van der Waals surface area (Å²) >= 11 is 3.41. The van der Waals surface area contributed by atoms with Gasteiger partial charge in [0.2, 0.25) is 5.91 Å². The molecule has 0 aromatic heterocycles. The van der Waals surface area contributed by atoms with Crippen molar-refractivity contribution in [1.82, 2.24) is 14.7 Å². The number of halogens is 1. The zero-order valence-corrected chi connectivity index (χ0v) is 16.1. The van der Waals surface area contributed by atoms with E-state index in [0.29, 0.717) is 18.7 Å². The monoisotopic (exact) mass is 395 g/mol. The second-order valence-corrected chi connectivity index (χ2v) is 6.91. The highest BCUT2D eigenvalue weighted by Gasteiger charge is 2.22. The zero-order valence-electron chi connectivity index (χ0n) is 14.5. The molecule has 1 aliphatic rings. The average molecular weight is 396 g/mol. The number of hydrogen-bond acceptors (Lipinski definition) is 3. The van der Waals surface area contributed by atoms with E-state index in [2.05, 4.69) is 20.8 Å². The minimum atomic E-state index is 0.0632. The van der Waals surface area contributed by atoms with Gasteiger partial charge in [0, 0.05) is 49.3 Å². The van der Waals surface area contributed by atoms with Crippen molar-refractivity contribution in [2.24, 2.45) is 0 Å². The molecule has 132 valence electrons. The number of likely N-dealkylation sites (N-methyl/N-ethyl adjacent to an activating group) is 1. The van der Waals surface area contributed by atoms with Crippen molar-refractivity contribution >= 4 is 27.7 Å². The van der Waals surface area contributed by atoms with Crippen LogP contribution < -0.4 is 0 Å². The summed E-state index contributed by atoms with van der Waals surface area (Å²) < 4.78 is 0.912. The Balaban J connectivity index is 1.92. The Morgan fingerprint density at radius 1 is 1.12 bits per heavy atom. The number of benzene rings is 1. The van der Waals surface area contributed by atoms with E-state index in [1.165, 1.54) is 0 Å². The predicted octanol–water partition coefficient (Wildman–Crippen LogP) is 2.47. The van der Waals surface area contributed by atoms with Gasteiger partial charge in [-0.05, 0) is 38.5 Å². The maximum atomic E-state index is 12.6. The van der Waals surface area contributed by atoms with Gasteiger partial charge < -0.3 is 9.80 Å². The minimum Gasteiger partial charge on any atom is -0.342 e. The maximum absolute atomic E-state index is 12.6. The van der Waals surface area contributed by atoms with Crippen LogP contribution in [0.5, 0.6) is 0 Å². The van der Waals surface area contributed by atoms with E-state index in [1.807, 2.05) is 47.9 Å². The van der Waals surface area contributed by atoms with Crippen molar-refractivity contribution in [2.45, 2.75) is 20.3 Å². The summed E-state index contributed by atoms with van der Waals surface area (Å²) in [5, 5.41) is 0. The van der Waals surface area contributed by atoms with Gasteiger partial charge in [0.25, 0.3) is 5.91 Å². The van der Waals surface area contributed by atoms with E-state index in [-0.39, 0.29) is 11.8 Å². The second kappa shape index (κ2) is 9.18. The second-order valence-electron chi connectivity index (χ2n) is 6.00. The number of nitrogens with zero attached hydrogens (tertiary/aromatic N) is 3. The van der Waals surface area contributed by atoms with Crippen LogP contribution in [-0.4, -0.2) is 72.3 Å². The van der Waals surface area contributed by atoms with E-state index >= 15 is 0 Å². The van der Waals surface area contributed by atoms with Crippen LogP contribution in [0.25, 0.3) is 0 Å². The lowest BCUT2D eigenvalue weighted by atomic mass is 10.2. The summed E-state index contributed by atoms with van der Waals surface area (Å²) in [6.07, 6.45) is 0.894. The summed E-state index contributed by atoms with van der Waals surface area (Å²) in [6, 6.07) is 7.50. The molecule has 1 aromatic carbocycles. The van der Waals surface area contributed by atoms with E-state index in [1.54, 1.807) is 0 Å². The first kappa shape index (κ1) is 18.9. The molecule has 1 heterocycles. The quantitative estimate of drug-likeness (QED) is 0.768. The molecule has 0 saturated carbocycles. The molecule has 0 aliphatic carbocycles. The highest BCUT2D eigenvalue weighted by Crippen LogP contribution is 2.15. The summed E-state index contributed by atoms with van der Waals surface area (Å²) in [7, 11) is 0. The van der Waals surface area contributed by atoms with E-state index in [0.717, 1.165) is 43.6 Å². The van der Waals surface area contributed by atoms with Crippen molar-refractivity contribution in [3.05, 3.63) is 34.3 Å².